The Kier molecular flexibility index (Phi) is 4.24. The van der Waals surface area contributed by atoms with Gasteiger partial charge < -0.3 is 15.2 Å². The van der Waals surface area contributed by atoms with E-state index >= 15 is 0 Å². The lowest BCUT2D eigenvalue weighted by molar-refractivity contribution is 0.0528. The molecule has 0 atom stereocenters. The summed E-state index contributed by atoms with van der Waals surface area (Å²) in [6, 6.07) is 4.44. The minimum atomic E-state index is -0.509. The summed E-state index contributed by atoms with van der Waals surface area (Å²) < 4.78 is 23.6. The van der Waals surface area contributed by atoms with Gasteiger partial charge in [-0.05, 0) is 24.6 Å². The average molecular weight is 295 g/mol. The van der Waals surface area contributed by atoms with Crippen LogP contribution in [0.5, 0.6) is 5.75 Å². The van der Waals surface area contributed by atoms with E-state index in [0.717, 1.165) is 0 Å². The van der Waals surface area contributed by atoms with Crippen LogP contribution >= 0.6 is 11.3 Å². The molecule has 0 aliphatic carbocycles. The summed E-state index contributed by atoms with van der Waals surface area (Å²) in [5.41, 5.74) is 7.25. The SMILES string of the molecule is CCOC(=O)c1csc(N)c1-c1ccc(OC)c(F)c1. The highest BCUT2D eigenvalue weighted by Crippen LogP contribution is 2.37. The van der Waals surface area contributed by atoms with E-state index in [1.165, 1.54) is 30.6 Å². The number of carbonyl (C=O) groups is 1. The van der Waals surface area contributed by atoms with Gasteiger partial charge in [-0.15, -0.1) is 11.3 Å². The summed E-state index contributed by atoms with van der Waals surface area (Å²) in [6.45, 7) is 1.99. The molecule has 2 aromatic rings. The highest BCUT2D eigenvalue weighted by molar-refractivity contribution is 7.15. The normalized spacial score (nSPS) is 10.3. The highest BCUT2D eigenvalue weighted by Gasteiger charge is 2.19. The van der Waals surface area contributed by atoms with E-state index in [1.807, 2.05) is 0 Å². The van der Waals surface area contributed by atoms with Crippen LogP contribution in [0, 0.1) is 5.82 Å². The van der Waals surface area contributed by atoms with Crippen molar-refractivity contribution in [2.24, 2.45) is 0 Å². The van der Waals surface area contributed by atoms with Gasteiger partial charge in [-0.1, -0.05) is 6.07 Å². The molecule has 1 aromatic heterocycles. The summed E-state index contributed by atoms with van der Waals surface area (Å²) in [7, 11) is 1.39. The lowest BCUT2D eigenvalue weighted by Gasteiger charge is -2.08. The molecule has 0 amide bonds. The Morgan fingerprint density at radius 1 is 1.45 bits per heavy atom. The van der Waals surface area contributed by atoms with Crippen molar-refractivity contribution >= 4 is 22.3 Å². The molecule has 2 N–H and O–H groups in total. The van der Waals surface area contributed by atoms with Gasteiger partial charge in [0.05, 0.1) is 24.3 Å². The Morgan fingerprint density at radius 3 is 2.80 bits per heavy atom. The summed E-state index contributed by atoms with van der Waals surface area (Å²) in [6.07, 6.45) is 0. The highest BCUT2D eigenvalue weighted by atomic mass is 32.1. The van der Waals surface area contributed by atoms with Crippen molar-refractivity contribution in [3.8, 4) is 16.9 Å². The molecular formula is C14H14FNO3S. The summed E-state index contributed by atoms with van der Waals surface area (Å²) in [5, 5.41) is 2.06. The Labute approximate surface area is 119 Å². The first-order valence-corrected chi connectivity index (χ1v) is 6.84. The number of ether oxygens (including phenoxy) is 2. The van der Waals surface area contributed by atoms with Crippen molar-refractivity contribution in [3.63, 3.8) is 0 Å². The number of hydrogen-bond donors (Lipinski definition) is 1. The second-order valence-corrected chi connectivity index (χ2v) is 4.87. The van der Waals surface area contributed by atoms with Gasteiger partial charge in [-0.25, -0.2) is 9.18 Å². The van der Waals surface area contributed by atoms with Gasteiger partial charge in [-0.2, -0.15) is 0 Å². The molecule has 0 aliphatic rings. The zero-order valence-corrected chi connectivity index (χ0v) is 11.9. The minimum Gasteiger partial charge on any atom is -0.494 e. The zero-order chi connectivity index (χ0) is 14.7. The molecular weight excluding hydrogens is 281 g/mol. The Hall–Kier alpha value is -2.08. The van der Waals surface area contributed by atoms with Crippen LogP contribution in [0.1, 0.15) is 17.3 Å². The molecule has 0 unspecified atom stereocenters. The van der Waals surface area contributed by atoms with Crippen molar-refractivity contribution in [2.75, 3.05) is 19.5 Å². The van der Waals surface area contributed by atoms with Crippen molar-refractivity contribution in [1.29, 1.82) is 0 Å². The monoisotopic (exact) mass is 295 g/mol. The maximum absolute atomic E-state index is 13.8. The van der Waals surface area contributed by atoms with Gasteiger partial charge >= 0.3 is 5.97 Å². The Bertz CT molecular complexity index is 639. The topological polar surface area (TPSA) is 61.5 Å². The van der Waals surface area contributed by atoms with Crippen molar-refractivity contribution in [2.45, 2.75) is 6.92 Å². The number of rotatable bonds is 4. The van der Waals surface area contributed by atoms with Crippen molar-refractivity contribution in [1.82, 2.24) is 0 Å². The Balaban J connectivity index is 2.49. The zero-order valence-electron chi connectivity index (χ0n) is 11.1. The molecule has 20 heavy (non-hydrogen) atoms. The van der Waals surface area contributed by atoms with Gasteiger partial charge in [-0.3, -0.25) is 0 Å². The van der Waals surface area contributed by atoms with Gasteiger partial charge in [0.2, 0.25) is 0 Å². The van der Waals surface area contributed by atoms with Crippen LogP contribution < -0.4 is 10.5 Å². The predicted octanol–water partition coefficient (Wildman–Crippen LogP) is 3.32. The van der Waals surface area contributed by atoms with E-state index in [0.29, 0.717) is 21.7 Å². The van der Waals surface area contributed by atoms with E-state index in [4.69, 9.17) is 15.2 Å². The summed E-state index contributed by atoms with van der Waals surface area (Å²) in [4.78, 5) is 11.9. The molecule has 4 nitrogen and oxygen atoms in total. The fourth-order valence-electron chi connectivity index (χ4n) is 1.85. The van der Waals surface area contributed by atoms with Crippen LogP contribution in [0.3, 0.4) is 0 Å². The lowest BCUT2D eigenvalue weighted by atomic mass is 10.0. The van der Waals surface area contributed by atoms with E-state index in [9.17, 15) is 9.18 Å². The van der Waals surface area contributed by atoms with E-state index in [2.05, 4.69) is 0 Å². The second-order valence-electron chi connectivity index (χ2n) is 3.96. The van der Waals surface area contributed by atoms with Crippen LogP contribution in [0.4, 0.5) is 9.39 Å². The Morgan fingerprint density at radius 2 is 2.20 bits per heavy atom. The molecule has 1 heterocycles. The molecule has 6 heteroatoms. The molecule has 0 fully saturated rings. The maximum atomic E-state index is 13.8. The van der Waals surface area contributed by atoms with Gasteiger partial charge in [0.25, 0.3) is 0 Å². The number of halogens is 1. The fraction of sp³-hybridized carbons (Fsp3) is 0.214. The number of esters is 1. The molecule has 2 rings (SSSR count). The number of thiophene rings is 1. The first-order valence-electron chi connectivity index (χ1n) is 5.96. The maximum Gasteiger partial charge on any atom is 0.339 e. The van der Waals surface area contributed by atoms with Crippen LogP contribution in [0.2, 0.25) is 0 Å². The number of nitrogens with two attached hydrogens (primary N) is 1. The van der Waals surface area contributed by atoms with Crippen LogP contribution in [0.25, 0.3) is 11.1 Å². The van der Waals surface area contributed by atoms with E-state index in [-0.39, 0.29) is 12.4 Å². The van der Waals surface area contributed by atoms with Gasteiger partial charge in [0, 0.05) is 10.9 Å². The lowest BCUT2D eigenvalue weighted by Crippen LogP contribution is -2.05. The first kappa shape index (κ1) is 14.3. The molecule has 0 radical (unpaired) electrons. The second kappa shape index (κ2) is 5.92. The van der Waals surface area contributed by atoms with Crippen LogP contribution in [0.15, 0.2) is 23.6 Å². The largest absolute Gasteiger partial charge is 0.494 e. The average Bonchev–Trinajstić information content (AvgIpc) is 2.81. The molecule has 1 aromatic carbocycles. The molecule has 0 saturated heterocycles. The van der Waals surface area contributed by atoms with Crippen LogP contribution in [-0.4, -0.2) is 19.7 Å². The standard InChI is InChI=1S/C14H14FNO3S/c1-3-19-14(17)9-7-20-13(16)12(9)8-4-5-11(18-2)10(15)6-8/h4-7H,3,16H2,1-2H3. The fourth-order valence-corrected chi connectivity index (χ4v) is 2.66. The number of anilines is 1. The number of hydrogen-bond acceptors (Lipinski definition) is 5. The number of carbonyl (C=O) groups excluding carboxylic acids is 1. The number of methoxy groups -OCH3 is 1. The summed E-state index contributed by atoms with van der Waals surface area (Å²) in [5.74, 6) is -0.836. The number of benzene rings is 1. The quantitative estimate of drug-likeness (QED) is 0.879. The van der Waals surface area contributed by atoms with Crippen LogP contribution in [-0.2, 0) is 4.74 Å². The third-order valence-corrected chi connectivity index (χ3v) is 3.57. The van der Waals surface area contributed by atoms with Crippen molar-refractivity contribution in [3.05, 3.63) is 35.0 Å². The molecule has 0 saturated carbocycles. The smallest absolute Gasteiger partial charge is 0.339 e. The molecule has 0 spiro atoms. The first-order chi connectivity index (χ1) is 9.58. The predicted molar refractivity (Wildman–Crippen MR) is 76.6 cm³/mol. The third kappa shape index (κ3) is 2.60. The van der Waals surface area contributed by atoms with Gasteiger partial charge in [0.15, 0.2) is 11.6 Å². The van der Waals surface area contributed by atoms with E-state index in [1.54, 1.807) is 18.4 Å². The van der Waals surface area contributed by atoms with E-state index < -0.39 is 11.8 Å². The van der Waals surface area contributed by atoms with Gasteiger partial charge in [0.1, 0.15) is 0 Å². The van der Waals surface area contributed by atoms with Crippen molar-refractivity contribution < 1.29 is 18.7 Å². The molecule has 0 aliphatic heterocycles. The third-order valence-electron chi connectivity index (χ3n) is 2.76. The molecule has 0 bridgehead atoms. The minimum absolute atomic E-state index is 0.139. The molecule has 106 valence electrons. The number of nitrogen functional groups attached to an aromatic ring is 1. The summed E-state index contributed by atoms with van der Waals surface area (Å²) >= 11 is 1.22.